The Morgan fingerprint density at radius 3 is 2.36 bits per heavy atom. The molecule has 0 aliphatic carbocycles. The highest BCUT2D eigenvalue weighted by molar-refractivity contribution is 5.66. The molecule has 0 aromatic heterocycles. The van der Waals surface area contributed by atoms with Crippen molar-refractivity contribution in [1.29, 1.82) is 0 Å². The number of aliphatic imine (C=N–C) groups is 1. The van der Waals surface area contributed by atoms with Crippen molar-refractivity contribution in [3.05, 3.63) is 23.3 Å². The Hall–Kier alpha value is -1.51. The number of benzene rings is 1. The number of hydrogen-bond acceptors (Lipinski definition) is 3. The summed E-state index contributed by atoms with van der Waals surface area (Å²) in [5, 5.41) is 0. The quantitative estimate of drug-likeness (QED) is 0.714. The van der Waals surface area contributed by atoms with Crippen LogP contribution >= 0.6 is 0 Å². The average molecular weight is 191 g/mol. The highest BCUT2D eigenvalue weighted by atomic mass is 16.5. The van der Waals surface area contributed by atoms with Crippen LogP contribution in [0.2, 0.25) is 0 Å². The van der Waals surface area contributed by atoms with Crippen LogP contribution in [0.1, 0.15) is 11.1 Å². The summed E-state index contributed by atoms with van der Waals surface area (Å²) in [6.07, 6.45) is 2.82. The third-order valence-corrected chi connectivity index (χ3v) is 2.41. The van der Waals surface area contributed by atoms with E-state index in [-0.39, 0.29) is 0 Å². The summed E-state index contributed by atoms with van der Waals surface area (Å²) in [5.74, 6) is 1.57. The predicted molar refractivity (Wildman–Crippen MR) is 55.4 cm³/mol. The van der Waals surface area contributed by atoms with Crippen LogP contribution in [0.4, 0.5) is 0 Å². The summed E-state index contributed by atoms with van der Waals surface area (Å²) in [5.41, 5.74) is 2.50. The van der Waals surface area contributed by atoms with Gasteiger partial charge in [-0.05, 0) is 23.3 Å². The van der Waals surface area contributed by atoms with Crippen molar-refractivity contribution >= 4 is 6.21 Å². The summed E-state index contributed by atoms with van der Waals surface area (Å²) < 4.78 is 10.5. The first kappa shape index (κ1) is 9.06. The van der Waals surface area contributed by atoms with Crippen LogP contribution in [0, 0.1) is 0 Å². The van der Waals surface area contributed by atoms with Gasteiger partial charge in [-0.3, -0.25) is 4.99 Å². The van der Waals surface area contributed by atoms with E-state index in [1.54, 1.807) is 14.2 Å². The number of ether oxygens (including phenoxy) is 2. The summed E-state index contributed by atoms with van der Waals surface area (Å²) in [7, 11) is 3.30. The van der Waals surface area contributed by atoms with Crippen LogP contribution in [-0.2, 0) is 13.0 Å². The standard InChI is InChI=1S/C11H13NO2/c1-13-10-5-8-3-4-12-7-9(8)6-11(10)14-2/h4-6H,3,7H2,1-2H3. The molecule has 2 rings (SSSR count). The smallest absolute Gasteiger partial charge is 0.161 e. The molecule has 1 aromatic carbocycles. The van der Waals surface area contributed by atoms with Crippen LogP contribution < -0.4 is 9.47 Å². The molecule has 1 aliphatic rings. The number of methoxy groups -OCH3 is 2. The van der Waals surface area contributed by atoms with E-state index in [9.17, 15) is 0 Å². The van der Waals surface area contributed by atoms with Crippen LogP contribution in [0.3, 0.4) is 0 Å². The van der Waals surface area contributed by atoms with Gasteiger partial charge in [-0.1, -0.05) is 0 Å². The van der Waals surface area contributed by atoms with E-state index in [1.807, 2.05) is 18.3 Å². The van der Waals surface area contributed by atoms with Gasteiger partial charge in [-0.2, -0.15) is 0 Å². The van der Waals surface area contributed by atoms with Crippen molar-refractivity contribution in [2.24, 2.45) is 4.99 Å². The van der Waals surface area contributed by atoms with Crippen molar-refractivity contribution in [3.63, 3.8) is 0 Å². The van der Waals surface area contributed by atoms with Gasteiger partial charge in [0.05, 0.1) is 20.8 Å². The number of hydrogen-bond donors (Lipinski definition) is 0. The lowest BCUT2D eigenvalue weighted by Gasteiger charge is -2.15. The minimum absolute atomic E-state index is 0.746. The lowest BCUT2D eigenvalue weighted by atomic mass is 10.0. The molecule has 1 aromatic rings. The third kappa shape index (κ3) is 1.45. The molecule has 74 valence electrons. The van der Waals surface area contributed by atoms with Crippen molar-refractivity contribution in [2.45, 2.75) is 13.0 Å². The van der Waals surface area contributed by atoms with E-state index in [1.165, 1.54) is 11.1 Å². The SMILES string of the molecule is COc1cc2c(cc1OC)CN=CC2. The zero-order chi connectivity index (χ0) is 9.97. The molecular weight excluding hydrogens is 178 g/mol. The van der Waals surface area contributed by atoms with Crippen molar-refractivity contribution in [2.75, 3.05) is 14.2 Å². The molecule has 0 radical (unpaired) electrons. The Morgan fingerprint density at radius 2 is 1.71 bits per heavy atom. The largest absolute Gasteiger partial charge is 0.493 e. The van der Waals surface area contributed by atoms with Gasteiger partial charge in [0.1, 0.15) is 0 Å². The highest BCUT2D eigenvalue weighted by Crippen LogP contribution is 2.31. The van der Waals surface area contributed by atoms with E-state index in [2.05, 4.69) is 4.99 Å². The van der Waals surface area contributed by atoms with E-state index in [4.69, 9.17) is 9.47 Å². The molecule has 0 atom stereocenters. The van der Waals surface area contributed by atoms with Crippen molar-refractivity contribution in [1.82, 2.24) is 0 Å². The van der Waals surface area contributed by atoms with Gasteiger partial charge < -0.3 is 9.47 Å². The molecule has 1 heterocycles. The maximum absolute atomic E-state index is 5.23. The Morgan fingerprint density at radius 1 is 1.07 bits per heavy atom. The molecule has 0 bridgehead atoms. The van der Waals surface area contributed by atoms with Crippen LogP contribution in [0.5, 0.6) is 11.5 Å². The topological polar surface area (TPSA) is 30.8 Å². The van der Waals surface area contributed by atoms with Gasteiger partial charge in [0.15, 0.2) is 11.5 Å². The fraction of sp³-hybridized carbons (Fsp3) is 0.364. The molecule has 0 spiro atoms. The van der Waals surface area contributed by atoms with Crippen molar-refractivity contribution < 1.29 is 9.47 Å². The molecule has 0 unspecified atom stereocenters. The minimum Gasteiger partial charge on any atom is -0.493 e. The highest BCUT2D eigenvalue weighted by Gasteiger charge is 2.11. The predicted octanol–water partition coefficient (Wildman–Crippen LogP) is 1.83. The zero-order valence-electron chi connectivity index (χ0n) is 8.41. The zero-order valence-corrected chi connectivity index (χ0v) is 8.41. The van der Waals surface area contributed by atoms with E-state index < -0.39 is 0 Å². The summed E-state index contributed by atoms with van der Waals surface area (Å²) >= 11 is 0. The molecule has 0 fully saturated rings. The molecule has 0 N–H and O–H groups in total. The van der Waals surface area contributed by atoms with Crippen LogP contribution in [0.25, 0.3) is 0 Å². The first-order valence-electron chi connectivity index (χ1n) is 4.57. The lowest BCUT2D eigenvalue weighted by molar-refractivity contribution is 0.354. The molecular formula is C11H13NO2. The molecule has 3 heteroatoms. The van der Waals surface area contributed by atoms with Gasteiger partial charge in [0, 0.05) is 12.6 Å². The first-order chi connectivity index (χ1) is 6.85. The maximum Gasteiger partial charge on any atom is 0.161 e. The van der Waals surface area contributed by atoms with E-state index in [0.717, 1.165) is 24.5 Å². The second kappa shape index (κ2) is 3.70. The molecule has 3 nitrogen and oxygen atoms in total. The van der Waals surface area contributed by atoms with Gasteiger partial charge >= 0.3 is 0 Å². The molecule has 0 saturated carbocycles. The summed E-state index contributed by atoms with van der Waals surface area (Å²) in [6.45, 7) is 0.746. The van der Waals surface area contributed by atoms with E-state index >= 15 is 0 Å². The summed E-state index contributed by atoms with van der Waals surface area (Å²) in [4.78, 5) is 4.23. The molecule has 14 heavy (non-hydrogen) atoms. The van der Waals surface area contributed by atoms with Crippen LogP contribution in [-0.4, -0.2) is 20.4 Å². The molecule has 1 aliphatic heterocycles. The van der Waals surface area contributed by atoms with Gasteiger partial charge in [0.2, 0.25) is 0 Å². The Bertz CT molecular complexity index is 337. The Kier molecular flexibility index (Phi) is 2.39. The van der Waals surface area contributed by atoms with Gasteiger partial charge in [-0.25, -0.2) is 0 Å². The Balaban J connectivity index is 2.46. The normalized spacial score (nSPS) is 13.6. The monoisotopic (exact) mass is 191 g/mol. The molecule has 0 saturated heterocycles. The minimum atomic E-state index is 0.746. The fourth-order valence-electron chi connectivity index (χ4n) is 1.63. The van der Waals surface area contributed by atoms with Gasteiger partial charge in [-0.15, -0.1) is 0 Å². The van der Waals surface area contributed by atoms with Gasteiger partial charge in [0.25, 0.3) is 0 Å². The first-order valence-corrected chi connectivity index (χ1v) is 4.57. The fourth-order valence-corrected chi connectivity index (χ4v) is 1.63. The number of rotatable bonds is 2. The average Bonchev–Trinajstić information content (AvgIpc) is 2.27. The number of fused-ring (bicyclic) bond motifs is 1. The third-order valence-electron chi connectivity index (χ3n) is 2.41. The molecule has 0 amide bonds. The summed E-state index contributed by atoms with van der Waals surface area (Å²) in [6, 6.07) is 4.03. The van der Waals surface area contributed by atoms with E-state index in [0.29, 0.717) is 0 Å². The lowest BCUT2D eigenvalue weighted by Crippen LogP contribution is -2.02. The van der Waals surface area contributed by atoms with Crippen LogP contribution in [0.15, 0.2) is 17.1 Å². The van der Waals surface area contributed by atoms with Crippen molar-refractivity contribution in [3.8, 4) is 11.5 Å². The Labute approximate surface area is 83.4 Å². The maximum atomic E-state index is 5.23. The number of nitrogens with zero attached hydrogens (tertiary/aromatic N) is 1. The second-order valence-electron chi connectivity index (χ2n) is 3.20. The second-order valence-corrected chi connectivity index (χ2v) is 3.20.